The van der Waals surface area contributed by atoms with E-state index in [0.717, 1.165) is 17.1 Å². The summed E-state index contributed by atoms with van der Waals surface area (Å²) in [5.41, 5.74) is 14.8. The molecule has 2 heteroatoms. The van der Waals surface area contributed by atoms with Crippen molar-refractivity contribution in [3.63, 3.8) is 0 Å². The maximum Gasteiger partial charge on any atom is 0.0547 e. The minimum atomic E-state index is -0.0233. The summed E-state index contributed by atoms with van der Waals surface area (Å²) >= 11 is 0. The van der Waals surface area contributed by atoms with Gasteiger partial charge in [-0.3, -0.25) is 0 Å². The first kappa shape index (κ1) is 29.5. The van der Waals surface area contributed by atoms with Crippen LogP contribution in [0.3, 0.4) is 0 Å². The molecule has 0 bridgehead atoms. The molecule has 0 unspecified atom stereocenters. The van der Waals surface area contributed by atoms with Crippen molar-refractivity contribution in [1.82, 2.24) is 4.57 Å². The van der Waals surface area contributed by atoms with Gasteiger partial charge < -0.3 is 9.47 Å². The molecule has 10 rings (SSSR count). The fourth-order valence-corrected chi connectivity index (χ4v) is 8.50. The molecule has 9 aromatic rings. The second kappa shape index (κ2) is 11.3. The molecule has 1 aromatic heterocycles. The van der Waals surface area contributed by atoms with Crippen LogP contribution in [0.15, 0.2) is 182 Å². The van der Waals surface area contributed by atoms with E-state index in [-0.39, 0.29) is 5.41 Å². The van der Waals surface area contributed by atoms with Gasteiger partial charge >= 0.3 is 0 Å². The summed E-state index contributed by atoms with van der Waals surface area (Å²) < 4.78 is 2.40. The highest BCUT2D eigenvalue weighted by molar-refractivity contribution is 6.21. The number of para-hydroxylation sites is 2. The average molecular weight is 653 g/mol. The number of rotatable bonds is 5. The standard InChI is InChI=1S/C49H36N2/c1-49(2)44-20-12-11-19-41(44)42-32-39(27-28-45(42)49)50(36-14-5-3-6-15-36)38-25-21-33(22-26-38)35-24-29-46-43(31-35)48-40-18-10-9-13-34(40)23-30-47(48)51(46)37-16-7-4-8-17-37/h3-32H,1-2H3. The number of hydrogen-bond donors (Lipinski definition) is 0. The van der Waals surface area contributed by atoms with Crippen LogP contribution in [0.5, 0.6) is 0 Å². The fourth-order valence-electron chi connectivity index (χ4n) is 8.50. The lowest BCUT2D eigenvalue weighted by molar-refractivity contribution is 0.660. The summed E-state index contributed by atoms with van der Waals surface area (Å²) in [6, 6.07) is 66.5. The van der Waals surface area contributed by atoms with Gasteiger partial charge in [-0.05, 0) is 111 Å². The third-order valence-corrected chi connectivity index (χ3v) is 11.0. The second-order valence-electron chi connectivity index (χ2n) is 14.2. The first-order valence-corrected chi connectivity index (χ1v) is 17.8. The van der Waals surface area contributed by atoms with Crippen LogP contribution in [0.1, 0.15) is 25.0 Å². The van der Waals surface area contributed by atoms with Crippen molar-refractivity contribution in [1.29, 1.82) is 0 Å². The zero-order valence-electron chi connectivity index (χ0n) is 28.7. The Hall–Kier alpha value is -6.38. The molecule has 8 aromatic carbocycles. The van der Waals surface area contributed by atoms with Crippen molar-refractivity contribution in [2.45, 2.75) is 19.3 Å². The van der Waals surface area contributed by atoms with E-state index in [1.54, 1.807) is 0 Å². The Labute approximate surface area is 298 Å². The molecule has 0 aliphatic heterocycles. The van der Waals surface area contributed by atoms with Crippen LogP contribution in [-0.2, 0) is 5.41 Å². The topological polar surface area (TPSA) is 8.17 Å². The van der Waals surface area contributed by atoms with Gasteiger partial charge in [0.05, 0.1) is 11.0 Å². The lowest BCUT2D eigenvalue weighted by atomic mass is 9.82. The Bertz CT molecular complexity index is 2750. The smallest absolute Gasteiger partial charge is 0.0547 e. The van der Waals surface area contributed by atoms with Gasteiger partial charge in [-0.2, -0.15) is 0 Å². The fraction of sp³-hybridized carbons (Fsp3) is 0.0612. The first-order chi connectivity index (χ1) is 25.1. The summed E-state index contributed by atoms with van der Waals surface area (Å²) in [5.74, 6) is 0. The molecule has 1 aliphatic rings. The zero-order valence-corrected chi connectivity index (χ0v) is 28.7. The second-order valence-corrected chi connectivity index (χ2v) is 14.2. The molecule has 0 saturated carbocycles. The molecular weight excluding hydrogens is 617 g/mol. The molecule has 242 valence electrons. The van der Waals surface area contributed by atoms with Gasteiger partial charge in [0.15, 0.2) is 0 Å². The van der Waals surface area contributed by atoms with E-state index < -0.39 is 0 Å². The molecule has 2 nitrogen and oxygen atoms in total. The number of anilines is 3. The van der Waals surface area contributed by atoms with E-state index in [1.807, 2.05) is 0 Å². The normalized spacial score (nSPS) is 13.1. The van der Waals surface area contributed by atoms with Crippen LogP contribution >= 0.6 is 0 Å². The van der Waals surface area contributed by atoms with Crippen molar-refractivity contribution in [3.8, 4) is 27.9 Å². The van der Waals surface area contributed by atoms with E-state index in [2.05, 4.69) is 205 Å². The Balaban J connectivity index is 1.10. The summed E-state index contributed by atoms with van der Waals surface area (Å²) in [5, 5.41) is 5.09. The van der Waals surface area contributed by atoms with Crippen molar-refractivity contribution in [2.75, 3.05) is 4.90 Å². The molecule has 0 N–H and O–H groups in total. The Kier molecular flexibility index (Phi) is 6.56. The van der Waals surface area contributed by atoms with Crippen LogP contribution in [0.25, 0.3) is 60.5 Å². The summed E-state index contributed by atoms with van der Waals surface area (Å²) in [7, 11) is 0. The first-order valence-electron chi connectivity index (χ1n) is 17.8. The number of fused-ring (bicyclic) bond motifs is 8. The van der Waals surface area contributed by atoms with Crippen LogP contribution in [0.2, 0.25) is 0 Å². The van der Waals surface area contributed by atoms with Gasteiger partial charge in [-0.15, -0.1) is 0 Å². The van der Waals surface area contributed by atoms with E-state index in [1.165, 1.54) is 71.6 Å². The number of hydrogen-bond acceptors (Lipinski definition) is 1. The SMILES string of the molecule is CC1(C)c2ccccc2-c2cc(N(c3ccccc3)c3ccc(-c4ccc5c(c4)c4c6ccccc6ccc4n5-c4ccccc4)cc3)ccc21. The lowest BCUT2D eigenvalue weighted by Crippen LogP contribution is -2.15. The molecule has 51 heavy (non-hydrogen) atoms. The maximum absolute atomic E-state index is 2.40. The van der Waals surface area contributed by atoms with Gasteiger partial charge in [0, 0.05) is 38.9 Å². The minimum absolute atomic E-state index is 0.0233. The number of benzene rings is 8. The molecular formula is C49H36N2. The average Bonchev–Trinajstić information content (AvgIpc) is 3.64. The third-order valence-electron chi connectivity index (χ3n) is 11.0. The van der Waals surface area contributed by atoms with Crippen molar-refractivity contribution in [2.24, 2.45) is 0 Å². The number of nitrogens with zero attached hydrogens (tertiary/aromatic N) is 2. The quantitative estimate of drug-likeness (QED) is 0.180. The summed E-state index contributed by atoms with van der Waals surface area (Å²) in [6.45, 7) is 4.68. The monoisotopic (exact) mass is 652 g/mol. The van der Waals surface area contributed by atoms with Gasteiger partial charge in [-0.25, -0.2) is 0 Å². The van der Waals surface area contributed by atoms with E-state index >= 15 is 0 Å². The molecule has 0 atom stereocenters. The van der Waals surface area contributed by atoms with E-state index in [9.17, 15) is 0 Å². The highest BCUT2D eigenvalue weighted by Crippen LogP contribution is 2.50. The minimum Gasteiger partial charge on any atom is -0.310 e. The highest BCUT2D eigenvalue weighted by Gasteiger charge is 2.35. The molecule has 1 aliphatic carbocycles. The van der Waals surface area contributed by atoms with Crippen LogP contribution in [0, 0.1) is 0 Å². The van der Waals surface area contributed by atoms with Crippen LogP contribution < -0.4 is 4.90 Å². The Morgan fingerprint density at radius 2 is 1.06 bits per heavy atom. The van der Waals surface area contributed by atoms with Crippen LogP contribution in [-0.4, -0.2) is 4.57 Å². The van der Waals surface area contributed by atoms with Gasteiger partial charge in [0.1, 0.15) is 0 Å². The molecule has 1 heterocycles. The Morgan fingerprint density at radius 1 is 0.431 bits per heavy atom. The predicted octanol–water partition coefficient (Wildman–Crippen LogP) is 13.4. The maximum atomic E-state index is 2.40. The van der Waals surface area contributed by atoms with Gasteiger partial charge in [0.25, 0.3) is 0 Å². The molecule has 0 spiro atoms. The largest absolute Gasteiger partial charge is 0.310 e. The lowest BCUT2D eigenvalue weighted by Gasteiger charge is -2.27. The highest BCUT2D eigenvalue weighted by atomic mass is 15.1. The number of aromatic nitrogens is 1. The van der Waals surface area contributed by atoms with Gasteiger partial charge in [0.2, 0.25) is 0 Å². The molecule has 0 amide bonds. The zero-order chi connectivity index (χ0) is 34.1. The summed E-state index contributed by atoms with van der Waals surface area (Å²) in [4.78, 5) is 2.38. The van der Waals surface area contributed by atoms with Crippen molar-refractivity contribution >= 4 is 49.6 Å². The van der Waals surface area contributed by atoms with Crippen molar-refractivity contribution < 1.29 is 0 Å². The van der Waals surface area contributed by atoms with Gasteiger partial charge in [-0.1, -0.05) is 129 Å². The van der Waals surface area contributed by atoms with Crippen LogP contribution in [0.4, 0.5) is 17.1 Å². The predicted molar refractivity (Wildman–Crippen MR) is 216 cm³/mol. The molecule has 0 radical (unpaired) electrons. The summed E-state index contributed by atoms with van der Waals surface area (Å²) in [6.07, 6.45) is 0. The molecule has 0 saturated heterocycles. The van der Waals surface area contributed by atoms with Crippen molar-refractivity contribution in [3.05, 3.63) is 193 Å². The molecule has 0 fully saturated rings. The third kappa shape index (κ3) is 4.57. The van der Waals surface area contributed by atoms with E-state index in [0.29, 0.717) is 0 Å². The Morgan fingerprint density at radius 3 is 1.88 bits per heavy atom. The van der Waals surface area contributed by atoms with E-state index in [4.69, 9.17) is 0 Å².